The van der Waals surface area contributed by atoms with Crippen LogP contribution in [0, 0.1) is 12.8 Å². The van der Waals surface area contributed by atoms with Crippen LogP contribution in [0.3, 0.4) is 0 Å². The second-order valence-corrected chi connectivity index (χ2v) is 7.96. The van der Waals surface area contributed by atoms with E-state index in [1.54, 1.807) is 0 Å². The van der Waals surface area contributed by atoms with Crippen molar-refractivity contribution in [3.8, 4) is 0 Å². The first kappa shape index (κ1) is 20.6. The predicted octanol–water partition coefficient (Wildman–Crippen LogP) is 3.41. The van der Waals surface area contributed by atoms with Gasteiger partial charge in [0.15, 0.2) is 5.60 Å². The van der Waals surface area contributed by atoms with Crippen LogP contribution in [0.2, 0.25) is 0 Å². The van der Waals surface area contributed by atoms with E-state index in [-0.39, 0.29) is 5.92 Å². The van der Waals surface area contributed by atoms with Gasteiger partial charge in [-0.05, 0) is 18.4 Å². The Bertz CT molecular complexity index is 763. The van der Waals surface area contributed by atoms with Crippen LogP contribution in [0.4, 0.5) is 0 Å². The molecule has 1 unspecified atom stereocenters. The van der Waals surface area contributed by atoms with Crippen LogP contribution in [0.15, 0.2) is 42.7 Å². The van der Waals surface area contributed by atoms with Gasteiger partial charge in [-0.1, -0.05) is 56.0 Å². The third kappa shape index (κ3) is 4.46. The molecule has 0 amide bonds. The highest BCUT2D eigenvalue weighted by atomic mass is 16.5. The number of carbonyl (C=O) groups excluding carboxylic acids is 1. The Morgan fingerprint density at radius 3 is 2.50 bits per heavy atom. The number of aromatic nitrogens is 2. The van der Waals surface area contributed by atoms with Gasteiger partial charge in [-0.25, -0.2) is 13.9 Å². The van der Waals surface area contributed by atoms with Crippen molar-refractivity contribution in [1.29, 1.82) is 0 Å². The van der Waals surface area contributed by atoms with Gasteiger partial charge in [0, 0.05) is 19.3 Å². The fourth-order valence-corrected chi connectivity index (χ4v) is 4.25. The van der Waals surface area contributed by atoms with Crippen LogP contribution < -0.4 is 4.57 Å². The van der Waals surface area contributed by atoms with E-state index < -0.39 is 11.6 Å². The Hall–Kier alpha value is -2.14. The summed E-state index contributed by atoms with van der Waals surface area (Å²) in [7, 11) is 2.01. The van der Waals surface area contributed by atoms with Crippen molar-refractivity contribution in [1.82, 2.24) is 4.57 Å². The lowest BCUT2D eigenvalue weighted by molar-refractivity contribution is -0.677. The lowest BCUT2D eigenvalue weighted by Gasteiger charge is -2.34. The molecule has 1 atom stereocenters. The van der Waals surface area contributed by atoms with Gasteiger partial charge in [-0.2, -0.15) is 0 Å². The van der Waals surface area contributed by atoms with Gasteiger partial charge >= 0.3 is 5.97 Å². The zero-order valence-electron chi connectivity index (χ0n) is 17.1. The predicted molar refractivity (Wildman–Crippen MR) is 107 cm³/mol. The molecule has 1 N–H and O–H groups in total. The normalized spacial score (nSPS) is 17.7. The van der Waals surface area contributed by atoms with E-state index in [1.807, 2.05) is 49.8 Å². The molecule has 2 aromatic rings. The maximum absolute atomic E-state index is 13.1. The molecule has 1 fully saturated rings. The number of benzene rings is 1. The van der Waals surface area contributed by atoms with E-state index in [1.165, 1.54) is 12.8 Å². The van der Waals surface area contributed by atoms with E-state index in [0.29, 0.717) is 12.2 Å². The monoisotopic (exact) mass is 385 g/mol. The van der Waals surface area contributed by atoms with Crippen molar-refractivity contribution in [2.24, 2.45) is 13.0 Å². The Balaban J connectivity index is 1.67. The summed E-state index contributed by atoms with van der Waals surface area (Å²) < 4.78 is 9.82. The molecule has 152 valence electrons. The topological polar surface area (TPSA) is 55.3 Å². The van der Waals surface area contributed by atoms with Crippen LogP contribution in [-0.4, -0.2) is 22.2 Å². The van der Waals surface area contributed by atoms with Gasteiger partial charge in [0.05, 0.1) is 20.2 Å². The summed E-state index contributed by atoms with van der Waals surface area (Å²) in [6.07, 6.45) is 10.9. The van der Waals surface area contributed by atoms with Crippen molar-refractivity contribution in [2.45, 2.75) is 64.0 Å². The minimum atomic E-state index is -1.55. The van der Waals surface area contributed by atoms with Crippen molar-refractivity contribution in [3.05, 3.63) is 54.1 Å². The molecule has 1 heterocycles. The minimum Gasteiger partial charge on any atom is -0.463 e. The number of ether oxygens (including phenoxy) is 1. The molecule has 1 aromatic carbocycles. The van der Waals surface area contributed by atoms with Crippen LogP contribution in [0.5, 0.6) is 0 Å². The summed E-state index contributed by atoms with van der Waals surface area (Å²) in [5.41, 5.74) is -0.901. The highest BCUT2D eigenvalue weighted by molar-refractivity contribution is 5.81. The molecule has 1 saturated carbocycles. The van der Waals surface area contributed by atoms with Crippen molar-refractivity contribution >= 4 is 5.97 Å². The molecule has 3 rings (SSSR count). The highest BCUT2D eigenvalue weighted by Gasteiger charge is 2.46. The van der Waals surface area contributed by atoms with Crippen molar-refractivity contribution in [2.75, 3.05) is 6.61 Å². The van der Waals surface area contributed by atoms with Gasteiger partial charge in [-0.3, -0.25) is 0 Å². The standard InChI is InChI=1S/C23H33N2O3/c1-19-24(2)16-17-25(19)15-10-18-28-22(26)23(27,21-13-8-5-9-14-21)20-11-6-3-4-7-12-20/h5,8-9,13-14,16-17,20,27H,3-4,6-7,10-12,15,18H2,1-2H3/q+1. The second-order valence-electron chi connectivity index (χ2n) is 7.96. The highest BCUT2D eigenvalue weighted by Crippen LogP contribution is 2.39. The van der Waals surface area contributed by atoms with Crippen LogP contribution in [0.25, 0.3) is 0 Å². The Morgan fingerprint density at radius 1 is 1.21 bits per heavy atom. The average molecular weight is 386 g/mol. The third-order valence-corrected chi connectivity index (χ3v) is 6.14. The number of hydrogen-bond donors (Lipinski definition) is 1. The third-order valence-electron chi connectivity index (χ3n) is 6.14. The lowest BCUT2D eigenvalue weighted by atomic mass is 9.77. The van der Waals surface area contributed by atoms with Crippen LogP contribution in [-0.2, 0) is 28.7 Å². The number of carbonyl (C=O) groups is 1. The van der Waals surface area contributed by atoms with E-state index >= 15 is 0 Å². The summed E-state index contributed by atoms with van der Waals surface area (Å²) in [5.74, 6) is 0.571. The van der Waals surface area contributed by atoms with Gasteiger partial charge in [-0.15, -0.1) is 0 Å². The number of aliphatic hydroxyl groups is 1. The molecule has 5 nitrogen and oxygen atoms in total. The lowest BCUT2D eigenvalue weighted by Crippen LogP contribution is -2.44. The van der Waals surface area contributed by atoms with E-state index in [9.17, 15) is 9.90 Å². The van der Waals surface area contributed by atoms with E-state index in [4.69, 9.17) is 4.74 Å². The summed E-state index contributed by atoms with van der Waals surface area (Å²) >= 11 is 0. The molecule has 0 saturated heterocycles. The number of rotatable bonds is 7. The zero-order valence-corrected chi connectivity index (χ0v) is 17.1. The summed E-state index contributed by atoms with van der Waals surface area (Å²) in [4.78, 5) is 13.1. The summed E-state index contributed by atoms with van der Waals surface area (Å²) in [6, 6.07) is 9.34. The van der Waals surface area contributed by atoms with Crippen molar-refractivity contribution < 1.29 is 19.2 Å². The average Bonchev–Trinajstić information content (AvgIpc) is 2.93. The SMILES string of the molecule is Cc1n(CCCOC(=O)C(O)(c2ccccc2)C2CCCCCC2)cc[n+]1C. The van der Waals surface area contributed by atoms with Gasteiger partial charge < -0.3 is 9.84 Å². The first-order chi connectivity index (χ1) is 13.5. The zero-order chi connectivity index (χ0) is 20.0. The molecule has 0 aliphatic heterocycles. The largest absolute Gasteiger partial charge is 0.463 e. The van der Waals surface area contributed by atoms with Crippen molar-refractivity contribution in [3.63, 3.8) is 0 Å². The molecule has 28 heavy (non-hydrogen) atoms. The molecule has 0 radical (unpaired) electrons. The minimum absolute atomic E-state index is 0.0874. The fraction of sp³-hybridized carbons (Fsp3) is 0.565. The summed E-state index contributed by atoms with van der Waals surface area (Å²) in [6.45, 7) is 3.15. The maximum Gasteiger partial charge on any atom is 0.343 e. The van der Waals surface area contributed by atoms with Gasteiger partial charge in [0.2, 0.25) is 0 Å². The Morgan fingerprint density at radius 2 is 1.89 bits per heavy atom. The first-order valence-corrected chi connectivity index (χ1v) is 10.5. The first-order valence-electron chi connectivity index (χ1n) is 10.5. The van der Waals surface area contributed by atoms with Gasteiger partial charge in [0.25, 0.3) is 5.82 Å². The molecule has 1 aliphatic carbocycles. The Kier molecular flexibility index (Phi) is 6.89. The molecular formula is C23H33N2O3+. The molecule has 1 aromatic heterocycles. The Labute approximate surface area is 168 Å². The molecule has 5 heteroatoms. The van der Waals surface area contributed by atoms with Crippen LogP contribution in [0.1, 0.15) is 56.3 Å². The second kappa shape index (κ2) is 9.37. The molecular weight excluding hydrogens is 352 g/mol. The van der Waals surface area contributed by atoms with E-state index in [2.05, 4.69) is 16.1 Å². The smallest absolute Gasteiger partial charge is 0.343 e. The fourth-order valence-electron chi connectivity index (χ4n) is 4.25. The number of nitrogens with zero attached hydrogens (tertiary/aromatic N) is 2. The van der Waals surface area contributed by atoms with E-state index in [0.717, 1.165) is 44.5 Å². The number of aryl methyl sites for hydroxylation is 2. The summed E-state index contributed by atoms with van der Waals surface area (Å²) in [5, 5.41) is 11.6. The number of esters is 1. The quantitative estimate of drug-likeness (QED) is 0.344. The number of imidazole rings is 1. The molecule has 0 bridgehead atoms. The number of hydrogen-bond acceptors (Lipinski definition) is 3. The maximum atomic E-state index is 13.1. The molecule has 0 spiro atoms. The molecule has 1 aliphatic rings. The van der Waals surface area contributed by atoms with Gasteiger partial charge in [0.1, 0.15) is 12.4 Å². The van der Waals surface area contributed by atoms with Crippen LogP contribution >= 0.6 is 0 Å².